The van der Waals surface area contributed by atoms with Gasteiger partial charge < -0.3 is 10.1 Å². The Morgan fingerprint density at radius 3 is 2.38 bits per heavy atom. The van der Waals surface area contributed by atoms with Crippen LogP contribution >= 0.6 is 0 Å². The fourth-order valence-electron chi connectivity index (χ4n) is 1.99. The summed E-state index contributed by atoms with van der Waals surface area (Å²) in [6.07, 6.45) is 3.03. The predicted molar refractivity (Wildman–Crippen MR) is 93.3 cm³/mol. The highest BCUT2D eigenvalue weighted by molar-refractivity contribution is 7.89. The molecule has 2 aromatic rings. The van der Waals surface area contributed by atoms with Crippen molar-refractivity contribution in [2.45, 2.75) is 4.90 Å². The zero-order valence-corrected chi connectivity index (χ0v) is 14.1. The molecule has 7 heteroatoms. The molecule has 0 heterocycles. The molecule has 2 N–H and O–H groups in total. The third-order valence-electron chi connectivity index (χ3n) is 3.25. The van der Waals surface area contributed by atoms with Gasteiger partial charge in [0, 0.05) is 17.3 Å². The summed E-state index contributed by atoms with van der Waals surface area (Å²) in [5, 5.41) is 2.66. The summed E-state index contributed by atoms with van der Waals surface area (Å²) in [7, 11) is -0.584. The van der Waals surface area contributed by atoms with E-state index < -0.39 is 10.0 Å². The number of rotatable bonds is 6. The van der Waals surface area contributed by atoms with Crippen LogP contribution < -0.4 is 14.8 Å². The van der Waals surface area contributed by atoms with Gasteiger partial charge in [-0.1, -0.05) is 18.2 Å². The van der Waals surface area contributed by atoms with Crippen LogP contribution in [0.5, 0.6) is 5.75 Å². The molecule has 0 spiro atoms. The minimum atomic E-state index is -3.49. The SMILES string of the molecule is CNS(=O)(=O)c1ccc(NC(=O)/C=C/c2ccccc2OC)cc1. The number of carbonyl (C=O) groups excluding carboxylic acids is 1. The molecule has 24 heavy (non-hydrogen) atoms. The first-order valence-electron chi connectivity index (χ1n) is 7.12. The van der Waals surface area contributed by atoms with Gasteiger partial charge in [-0.05, 0) is 43.5 Å². The lowest BCUT2D eigenvalue weighted by Crippen LogP contribution is -2.18. The minimum Gasteiger partial charge on any atom is -0.496 e. The van der Waals surface area contributed by atoms with Gasteiger partial charge in [0.05, 0.1) is 12.0 Å². The molecule has 0 aliphatic carbocycles. The lowest BCUT2D eigenvalue weighted by molar-refractivity contribution is -0.111. The van der Waals surface area contributed by atoms with E-state index in [4.69, 9.17) is 4.74 Å². The van der Waals surface area contributed by atoms with Gasteiger partial charge in [0.1, 0.15) is 5.75 Å². The van der Waals surface area contributed by atoms with E-state index in [-0.39, 0.29) is 10.8 Å². The third-order valence-corrected chi connectivity index (χ3v) is 4.68. The number of amides is 1. The highest BCUT2D eigenvalue weighted by atomic mass is 32.2. The number of carbonyl (C=O) groups is 1. The summed E-state index contributed by atoms with van der Waals surface area (Å²) in [6.45, 7) is 0. The Kier molecular flexibility index (Phi) is 5.73. The van der Waals surface area contributed by atoms with Crippen molar-refractivity contribution in [3.05, 3.63) is 60.2 Å². The van der Waals surface area contributed by atoms with Crippen molar-refractivity contribution in [1.29, 1.82) is 0 Å². The molecule has 2 rings (SSSR count). The van der Waals surface area contributed by atoms with Crippen LogP contribution in [0.4, 0.5) is 5.69 Å². The topological polar surface area (TPSA) is 84.5 Å². The lowest BCUT2D eigenvalue weighted by atomic mass is 10.2. The molecular formula is C17H18N2O4S. The average Bonchev–Trinajstić information content (AvgIpc) is 2.60. The van der Waals surface area contributed by atoms with E-state index in [2.05, 4.69) is 10.0 Å². The van der Waals surface area contributed by atoms with E-state index in [1.165, 1.54) is 37.4 Å². The summed E-state index contributed by atoms with van der Waals surface area (Å²) in [5.74, 6) is 0.341. The van der Waals surface area contributed by atoms with E-state index in [9.17, 15) is 13.2 Å². The van der Waals surface area contributed by atoms with Crippen molar-refractivity contribution >= 4 is 27.7 Å². The normalized spacial score (nSPS) is 11.4. The van der Waals surface area contributed by atoms with Crippen molar-refractivity contribution in [3.8, 4) is 5.75 Å². The molecule has 126 valence electrons. The van der Waals surface area contributed by atoms with Crippen molar-refractivity contribution in [1.82, 2.24) is 4.72 Å². The molecule has 0 fully saturated rings. The van der Waals surface area contributed by atoms with E-state index in [1.807, 2.05) is 18.2 Å². The lowest BCUT2D eigenvalue weighted by Gasteiger charge is -2.06. The van der Waals surface area contributed by atoms with Gasteiger partial charge in [0.25, 0.3) is 0 Å². The van der Waals surface area contributed by atoms with Crippen molar-refractivity contribution in [2.24, 2.45) is 0 Å². The Morgan fingerprint density at radius 1 is 1.08 bits per heavy atom. The van der Waals surface area contributed by atoms with Crippen LogP contribution in [0.25, 0.3) is 6.08 Å². The Labute approximate surface area is 141 Å². The van der Waals surface area contributed by atoms with Crippen molar-refractivity contribution in [3.63, 3.8) is 0 Å². The summed E-state index contributed by atoms with van der Waals surface area (Å²) in [5.41, 5.74) is 1.28. The first-order valence-corrected chi connectivity index (χ1v) is 8.60. The maximum Gasteiger partial charge on any atom is 0.248 e. The molecule has 0 atom stereocenters. The van der Waals surface area contributed by atoms with Gasteiger partial charge in [0.15, 0.2) is 0 Å². The van der Waals surface area contributed by atoms with Gasteiger partial charge in [-0.15, -0.1) is 0 Å². The molecule has 0 saturated carbocycles. The van der Waals surface area contributed by atoms with Crippen LogP contribution in [0.3, 0.4) is 0 Å². The van der Waals surface area contributed by atoms with Gasteiger partial charge in [0.2, 0.25) is 15.9 Å². The monoisotopic (exact) mass is 346 g/mol. The Hall–Kier alpha value is -2.64. The molecule has 0 aliphatic heterocycles. The quantitative estimate of drug-likeness (QED) is 0.786. The van der Waals surface area contributed by atoms with Crippen molar-refractivity contribution < 1.29 is 17.9 Å². The molecule has 0 unspecified atom stereocenters. The molecule has 0 aliphatic rings. The second-order valence-corrected chi connectivity index (χ2v) is 6.68. The smallest absolute Gasteiger partial charge is 0.248 e. The molecule has 1 amide bonds. The van der Waals surface area contributed by atoms with Crippen molar-refractivity contribution in [2.75, 3.05) is 19.5 Å². The van der Waals surface area contributed by atoms with Gasteiger partial charge in [-0.25, -0.2) is 13.1 Å². The maximum absolute atomic E-state index is 12.0. The summed E-state index contributed by atoms with van der Waals surface area (Å²) < 4.78 is 30.7. The predicted octanol–water partition coefficient (Wildman–Crippen LogP) is 2.26. The summed E-state index contributed by atoms with van der Waals surface area (Å²) >= 11 is 0. The van der Waals surface area contributed by atoms with E-state index >= 15 is 0 Å². The molecule has 0 bridgehead atoms. The molecule has 2 aromatic carbocycles. The number of ether oxygens (including phenoxy) is 1. The second kappa shape index (κ2) is 7.76. The first-order chi connectivity index (χ1) is 11.5. The third kappa shape index (κ3) is 4.43. The van der Waals surface area contributed by atoms with Crippen LogP contribution in [-0.4, -0.2) is 28.5 Å². The Morgan fingerprint density at radius 2 is 1.75 bits per heavy atom. The maximum atomic E-state index is 12.0. The number of sulfonamides is 1. The van der Waals surface area contributed by atoms with Gasteiger partial charge in [-0.3, -0.25) is 4.79 Å². The number of methoxy groups -OCH3 is 1. The molecular weight excluding hydrogens is 328 g/mol. The molecule has 0 aromatic heterocycles. The summed E-state index contributed by atoms with van der Waals surface area (Å²) in [6, 6.07) is 13.2. The Balaban J connectivity index is 2.06. The fraction of sp³-hybridized carbons (Fsp3) is 0.118. The number of nitrogens with one attached hydrogen (secondary N) is 2. The largest absolute Gasteiger partial charge is 0.496 e. The minimum absolute atomic E-state index is 0.132. The van der Waals surface area contributed by atoms with Gasteiger partial charge >= 0.3 is 0 Å². The second-order valence-electron chi connectivity index (χ2n) is 4.80. The zero-order valence-electron chi connectivity index (χ0n) is 13.3. The number of benzene rings is 2. The number of anilines is 1. The Bertz CT molecular complexity index is 843. The van der Waals surface area contributed by atoms with E-state index in [0.717, 1.165) is 5.56 Å². The fourth-order valence-corrected chi connectivity index (χ4v) is 2.72. The first kappa shape index (κ1) is 17.7. The highest BCUT2D eigenvalue weighted by Gasteiger charge is 2.10. The van der Waals surface area contributed by atoms with Crippen LogP contribution in [0, 0.1) is 0 Å². The van der Waals surface area contributed by atoms with Crippen LogP contribution in [0.1, 0.15) is 5.56 Å². The standard InChI is InChI=1S/C17H18N2O4S/c1-18-24(21,22)15-10-8-14(9-11-15)19-17(20)12-7-13-5-3-4-6-16(13)23-2/h3-12,18H,1-2H3,(H,19,20)/b12-7+. The van der Waals surface area contributed by atoms with Crippen LogP contribution in [0.2, 0.25) is 0 Å². The molecule has 0 saturated heterocycles. The number of para-hydroxylation sites is 1. The average molecular weight is 346 g/mol. The van der Waals surface area contributed by atoms with E-state index in [0.29, 0.717) is 11.4 Å². The number of hydrogen-bond acceptors (Lipinski definition) is 4. The van der Waals surface area contributed by atoms with Crippen LogP contribution in [0.15, 0.2) is 59.5 Å². The summed E-state index contributed by atoms with van der Waals surface area (Å²) in [4.78, 5) is 12.1. The highest BCUT2D eigenvalue weighted by Crippen LogP contribution is 2.19. The zero-order chi connectivity index (χ0) is 17.6. The molecule has 0 radical (unpaired) electrons. The van der Waals surface area contributed by atoms with E-state index in [1.54, 1.807) is 19.3 Å². The van der Waals surface area contributed by atoms with Gasteiger partial charge in [-0.2, -0.15) is 0 Å². The van der Waals surface area contributed by atoms with Crippen LogP contribution in [-0.2, 0) is 14.8 Å². The molecule has 6 nitrogen and oxygen atoms in total. The number of hydrogen-bond donors (Lipinski definition) is 2.